The predicted octanol–water partition coefficient (Wildman–Crippen LogP) is 5.42. The normalized spacial score (nSPS) is 12.2. The second kappa shape index (κ2) is 16.7. The van der Waals surface area contributed by atoms with Gasteiger partial charge in [0, 0.05) is 17.2 Å². The van der Waals surface area contributed by atoms with Gasteiger partial charge in [-0.2, -0.15) is 5.10 Å². The van der Waals surface area contributed by atoms with Gasteiger partial charge >= 0.3 is 5.97 Å². The molecule has 1 atom stereocenters. The number of oxazole rings is 1. The van der Waals surface area contributed by atoms with Gasteiger partial charge in [-0.15, -0.1) is 0 Å². The molecule has 0 aliphatic rings. The van der Waals surface area contributed by atoms with Crippen LogP contribution in [-0.2, 0) is 14.3 Å². The van der Waals surface area contributed by atoms with Crippen molar-refractivity contribution in [2.75, 3.05) is 6.54 Å². The third-order valence-electron chi connectivity index (χ3n) is 7.54. The number of nitrogens with one attached hydrogen (secondary N) is 4. The Morgan fingerprint density at radius 3 is 2.39 bits per heavy atom. The minimum Gasteiger partial charge on any atom is -0.458 e. The minimum atomic E-state index is -0.871. The van der Waals surface area contributed by atoms with Gasteiger partial charge < -0.3 is 25.1 Å². The largest absolute Gasteiger partial charge is 0.458 e. The van der Waals surface area contributed by atoms with E-state index in [1.54, 1.807) is 24.3 Å². The van der Waals surface area contributed by atoms with Crippen molar-refractivity contribution in [2.24, 2.45) is 5.92 Å². The van der Waals surface area contributed by atoms with Crippen LogP contribution in [0.4, 0.5) is 0 Å². The highest BCUT2D eigenvalue weighted by Gasteiger charge is 2.26. The number of amides is 3. The zero-order valence-electron chi connectivity index (χ0n) is 28.0. The van der Waals surface area contributed by atoms with Crippen molar-refractivity contribution < 1.29 is 28.3 Å². The van der Waals surface area contributed by atoms with Crippen LogP contribution in [0.2, 0.25) is 0 Å². The molecule has 2 aromatic heterocycles. The lowest BCUT2D eigenvalue weighted by Crippen LogP contribution is -2.49. The summed E-state index contributed by atoms with van der Waals surface area (Å²) < 4.78 is 11.3. The maximum Gasteiger partial charge on any atom is 0.325 e. The third-order valence-corrected chi connectivity index (χ3v) is 7.54. The lowest BCUT2D eigenvalue weighted by Gasteiger charge is -2.25. The number of esters is 1. The molecule has 0 saturated heterocycles. The third kappa shape index (κ3) is 10.6. The molecule has 0 fully saturated rings. The molecule has 250 valence electrons. The van der Waals surface area contributed by atoms with E-state index in [1.807, 2.05) is 47.6 Å². The molecule has 2 heterocycles. The number of hydrogen-bond acceptors (Lipinski definition) is 8. The number of ether oxygens (including phenoxy) is 1. The topological polar surface area (TPSA) is 168 Å². The van der Waals surface area contributed by atoms with Crippen molar-refractivity contribution in [3.05, 3.63) is 48.0 Å². The first kappa shape index (κ1) is 36.0. The van der Waals surface area contributed by atoms with Crippen molar-refractivity contribution in [3.63, 3.8) is 0 Å². The van der Waals surface area contributed by atoms with E-state index in [0.29, 0.717) is 23.2 Å². The Bertz CT molecular complexity index is 1470. The second-order valence-electron chi connectivity index (χ2n) is 12.5. The van der Waals surface area contributed by atoms with Gasteiger partial charge in [-0.3, -0.25) is 24.3 Å². The molecule has 1 aromatic carbocycles. The number of nitrogens with zero attached hydrogens (tertiary/aromatic N) is 2. The maximum atomic E-state index is 13.2. The van der Waals surface area contributed by atoms with Crippen LogP contribution in [0.25, 0.3) is 22.7 Å². The van der Waals surface area contributed by atoms with Crippen molar-refractivity contribution in [1.82, 2.24) is 31.1 Å². The Kier molecular flexibility index (Phi) is 13.1. The van der Waals surface area contributed by atoms with Gasteiger partial charge in [-0.25, -0.2) is 4.98 Å². The highest BCUT2D eigenvalue weighted by atomic mass is 16.6. The fraction of sp³-hybridized carbons (Fsp3) is 0.529. The van der Waals surface area contributed by atoms with Crippen LogP contribution in [0.5, 0.6) is 0 Å². The van der Waals surface area contributed by atoms with E-state index in [2.05, 4.69) is 38.1 Å². The number of unbranched alkanes of at least 4 members (excludes halogenated alkanes) is 1. The first-order valence-electron chi connectivity index (χ1n) is 16.1. The molecule has 0 bridgehead atoms. The number of benzene rings is 1. The summed E-state index contributed by atoms with van der Waals surface area (Å²) in [5.74, 6) is -1.34. The van der Waals surface area contributed by atoms with Gasteiger partial charge in [-0.1, -0.05) is 53.2 Å². The smallest absolute Gasteiger partial charge is 0.325 e. The van der Waals surface area contributed by atoms with E-state index in [4.69, 9.17) is 9.15 Å². The first-order chi connectivity index (χ1) is 21.8. The second-order valence-corrected chi connectivity index (χ2v) is 12.5. The van der Waals surface area contributed by atoms with E-state index in [-0.39, 0.29) is 41.8 Å². The number of carbonyl (C=O) groups excluding carboxylic acids is 4. The Morgan fingerprint density at radius 1 is 1.00 bits per heavy atom. The molecule has 0 spiro atoms. The lowest BCUT2D eigenvalue weighted by atomic mass is 10.0. The SMILES string of the molecule is CCCCC(C)(C)OC(=O)CNC(=O)[C@H](CC(C)C)NC(=O)c1cc(-c2cccc(-c3ncc(C(=O)NC(CC)CC)o3)c2)n[nH]1. The van der Waals surface area contributed by atoms with Crippen molar-refractivity contribution in [2.45, 2.75) is 105 Å². The Balaban J connectivity index is 1.66. The minimum absolute atomic E-state index is 0.0574. The van der Waals surface area contributed by atoms with E-state index in [0.717, 1.165) is 32.1 Å². The van der Waals surface area contributed by atoms with Crippen molar-refractivity contribution in [3.8, 4) is 22.7 Å². The molecule has 0 unspecified atom stereocenters. The summed E-state index contributed by atoms with van der Waals surface area (Å²) in [4.78, 5) is 55.4. The van der Waals surface area contributed by atoms with E-state index >= 15 is 0 Å². The molecule has 3 amide bonds. The van der Waals surface area contributed by atoms with Crippen LogP contribution in [-0.4, -0.2) is 63.1 Å². The summed E-state index contributed by atoms with van der Waals surface area (Å²) in [6.07, 6.45) is 6.04. The molecule has 3 aromatic rings. The number of rotatable bonds is 17. The molecule has 0 aliphatic carbocycles. The maximum absolute atomic E-state index is 13.2. The molecule has 3 rings (SSSR count). The van der Waals surface area contributed by atoms with E-state index < -0.39 is 29.4 Å². The fourth-order valence-corrected chi connectivity index (χ4v) is 4.88. The number of carbonyl (C=O) groups is 4. The average Bonchev–Trinajstić information content (AvgIpc) is 3.72. The van der Waals surface area contributed by atoms with E-state index in [9.17, 15) is 19.2 Å². The standard InChI is InChI=1S/C34H48N6O6/c1-8-11-15-34(6,7)46-29(41)20-35-30(42)26(16-21(4)5)38-31(43)27-18-25(39-40-27)22-13-12-14-23(17-22)33-36-19-28(45-33)32(44)37-24(9-2)10-3/h12-14,17-19,21,24,26H,8-11,15-16,20H2,1-7H3,(H,35,42)(H,37,44)(H,38,43)(H,39,40)/t26-/m0/s1. The quantitative estimate of drug-likeness (QED) is 0.142. The Hall–Kier alpha value is -4.48. The number of aromatic nitrogens is 3. The summed E-state index contributed by atoms with van der Waals surface area (Å²) >= 11 is 0. The summed E-state index contributed by atoms with van der Waals surface area (Å²) in [6.45, 7) is 13.4. The van der Waals surface area contributed by atoms with Gasteiger partial charge in [0.1, 0.15) is 23.9 Å². The van der Waals surface area contributed by atoms with Gasteiger partial charge in [0.15, 0.2) is 0 Å². The van der Waals surface area contributed by atoms with Gasteiger partial charge in [0.2, 0.25) is 17.6 Å². The van der Waals surface area contributed by atoms with Crippen molar-refractivity contribution >= 4 is 23.7 Å². The summed E-state index contributed by atoms with van der Waals surface area (Å²) in [6, 6.07) is 7.99. The van der Waals surface area contributed by atoms with Crippen LogP contribution < -0.4 is 16.0 Å². The van der Waals surface area contributed by atoms with Gasteiger partial charge in [-0.05, 0) is 70.1 Å². The number of aromatic amines is 1. The summed E-state index contributed by atoms with van der Waals surface area (Å²) in [5.41, 5.74) is 1.35. The van der Waals surface area contributed by atoms with E-state index in [1.165, 1.54) is 6.20 Å². The zero-order valence-corrected chi connectivity index (χ0v) is 28.0. The van der Waals surface area contributed by atoms with Gasteiger partial charge in [0.25, 0.3) is 11.8 Å². The molecule has 12 heteroatoms. The molecule has 12 nitrogen and oxygen atoms in total. The van der Waals surface area contributed by atoms with Crippen molar-refractivity contribution in [1.29, 1.82) is 0 Å². The van der Waals surface area contributed by atoms with Crippen LogP contribution in [0.3, 0.4) is 0 Å². The highest BCUT2D eigenvalue weighted by molar-refractivity contribution is 5.97. The molecule has 0 radical (unpaired) electrons. The predicted molar refractivity (Wildman–Crippen MR) is 175 cm³/mol. The molecule has 0 aliphatic heterocycles. The monoisotopic (exact) mass is 636 g/mol. The average molecular weight is 637 g/mol. The first-order valence-corrected chi connectivity index (χ1v) is 16.1. The number of hydrogen-bond donors (Lipinski definition) is 4. The van der Waals surface area contributed by atoms with Gasteiger partial charge in [0.05, 0.1) is 11.9 Å². The molecule has 0 saturated carbocycles. The summed E-state index contributed by atoms with van der Waals surface area (Å²) in [7, 11) is 0. The molecular weight excluding hydrogens is 588 g/mol. The summed E-state index contributed by atoms with van der Waals surface area (Å²) in [5, 5.41) is 15.3. The molecule has 4 N–H and O–H groups in total. The lowest BCUT2D eigenvalue weighted by molar-refractivity contribution is -0.156. The van der Waals surface area contributed by atoms with Crippen LogP contribution >= 0.6 is 0 Å². The fourth-order valence-electron chi connectivity index (χ4n) is 4.88. The number of H-pyrrole nitrogens is 1. The Labute approximate surface area is 270 Å². The van der Waals surface area contributed by atoms with Crippen LogP contribution in [0.15, 0.2) is 40.9 Å². The molecular formula is C34H48N6O6. The molecule has 46 heavy (non-hydrogen) atoms. The zero-order chi connectivity index (χ0) is 33.9. The highest BCUT2D eigenvalue weighted by Crippen LogP contribution is 2.26. The Morgan fingerprint density at radius 2 is 1.72 bits per heavy atom. The van der Waals surface area contributed by atoms with Crippen LogP contribution in [0, 0.1) is 5.92 Å². The van der Waals surface area contributed by atoms with Crippen LogP contribution in [0.1, 0.15) is 108 Å².